The van der Waals surface area contributed by atoms with Crippen LogP contribution in [0, 0.1) is 5.92 Å². The fourth-order valence-electron chi connectivity index (χ4n) is 3.84. The van der Waals surface area contributed by atoms with Crippen LogP contribution < -0.4 is 16.6 Å². The number of aliphatic carboxylic acids is 1. The average Bonchev–Trinajstić information content (AvgIpc) is 2.96. The highest BCUT2D eigenvalue weighted by molar-refractivity contribution is 5.74. The fraction of sp³-hybridized carbons (Fsp3) is 0.667. The van der Waals surface area contributed by atoms with Gasteiger partial charge in [0.25, 0.3) is 5.56 Å². The smallest absolute Gasteiger partial charge is 0.332 e. The first-order valence-electron chi connectivity index (χ1n) is 9.43. The van der Waals surface area contributed by atoms with Crippen molar-refractivity contribution in [2.24, 2.45) is 20.0 Å². The maximum absolute atomic E-state index is 13.0. The van der Waals surface area contributed by atoms with E-state index in [0.29, 0.717) is 36.4 Å². The number of rotatable bonds is 5. The Morgan fingerprint density at radius 2 is 2.00 bits per heavy atom. The number of anilines is 1. The monoisotopic (exact) mass is 377 g/mol. The number of hydrogen-bond acceptors (Lipinski definition) is 5. The van der Waals surface area contributed by atoms with Crippen molar-refractivity contribution in [1.29, 1.82) is 0 Å². The molecule has 3 rings (SSSR count). The molecule has 148 valence electrons. The summed E-state index contributed by atoms with van der Waals surface area (Å²) in [5.74, 6) is -0.654. The molecule has 1 aliphatic carbocycles. The third-order valence-electron chi connectivity index (χ3n) is 5.70. The third-order valence-corrected chi connectivity index (χ3v) is 5.70. The Bertz CT molecular complexity index is 986. The van der Waals surface area contributed by atoms with Crippen molar-refractivity contribution in [3.63, 3.8) is 0 Å². The summed E-state index contributed by atoms with van der Waals surface area (Å²) in [7, 11) is 3.35. The van der Waals surface area contributed by atoms with Gasteiger partial charge in [0.15, 0.2) is 11.2 Å². The molecular formula is C18H27N5O4. The minimum Gasteiger partial charge on any atom is -0.481 e. The molecular weight excluding hydrogens is 350 g/mol. The van der Waals surface area contributed by atoms with Crippen LogP contribution in [-0.4, -0.2) is 35.8 Å². The molecule has 1 fully saturated rings. The molecule has 2 heterocycles. The molecule has 0 bridgehead atoms. The molecule has 0 saturated heterocycles. The van der Waals surface area contributed by atoms with Crippen LogP contribution in [0.2, 0.25) is 0 Å². The zero-order valence-corrected chi connectivity index (χ0v) is 16.2. The number of imidazole rings is 1. The fourth-order valence-corrected chi connectivity index (χ4v) is 3.84. The second kappa shape index (κ2) is 7.21. The number of carboxylic acid groups (broad SMARTS) is 1. The highest BCUT2D eigenvalue weighted by atomic mass is 16.4. The Morgan fingerprint density at radius 3 is 2.63 bits per heavy atom. The number of nitrogens with one attached hydrogen (secondary N) is 1. The van der Waals surface area contributed by atoms with Crippen molar-refractivity contribution in [3.8, 4) is 0 Å². The van der Waals surface area contributed by atoms with E-state index in [4.69, 9.17) is 0 Å². The van der Waals surface area contributed by atoms with Gasteiger partial charge < -0.3 is 15.0 Å². The van der Waals surface area contributed by atoms with Gasteiger partial charge in [-0.2, -0.15) is 4.98 Å². The Kier molecular flexibility index (Phi) is 5.12. The molecule has 1 saturated carbocycles. The van der Waals surface area contributed by atoms with Crippen LogP contribution >= 0.6 is 0 Å². The van der Waals surface area contributed by atoms with Crippen LogP contribution in [-0.2, 0) is 18.9 Å². The SMILES string of the molecule is CCC(C)n1c(=O)c2c(nc(NC3CCCC(C(=O)O)C3)n2C)n(C)c1=O. The number of carbonyl (C=O) groups is 1. The summed E-state index contributed by atoms with van der Waals surface area (Å²) < 4.78 is 4.34. The van der Waals surface area contributed by atoms with E-state index >= 15 is 0 Å². The van der Waals surface area contributed by atoms with Gasteiger partial charge in [-0.05, 0) is 32.6 Å². The summed E-state index contributed by atoms with van der Waals surface area (Å²) in [6, 6.07) is -0.231. The van der Waals surface area contributed by atoms with E-state index in [1.807, 2.05) is 13.8 Å². The highest BCUT2D eigenvalue weighted by Crippen LogP contribution is 2.27. The number of hydrogen-bond donors (Lipinski definition) is 2. The van der Waals surface area contributed by atoms with E-state index in [-0.39, 0.29) is 29.3 Å². The molecule has 2 aromatic rings. The minimum atomic E-state index is -0.773. The summed E-state index contributed by atoms with van der Waals surface area (Å²) in [6.45, 7) is 3.77. The molecule has 1 aliphatic rings. The van der Waals surface area contributed by atoms with Crippen molar-refractivity contribution < 1.29 is 9.90 Å². The van der Waals surface area contributed by atoms with Crippen LogP contribution in [0.3, 0.4) is 0 Å². The summed E-state index contributed by atoms with van der Waals surface area (Å²) in [5, 5.41) is 12.6. The minimum absolute atomic E-state index is 0.0239. The topological polar surface area (TPSA) is 111 Å². The van der Waals surface area contributed by atoms with E-state index in [2.05, 4.69) is 10.3 Å². The lowest BCUT2D eigenvalue weighted by Crippen LogP contribution is -2.41. The molecule has 0 aromatic carbocycles. The predicted molar refractivity (Wildman–Crippen MR) is 102 cm³/mol. The van der Waals surface area contributed by atoms with Gasteiger partial charge in [0.1, 0.15) is 0 Å². The van der Waals surface area contributed by atoms with Crippen molar-refractivity contribution >= 4 is 23.1 Å². The van der Waals surface area contributed by atoms with E-state index in [1.165, 1.54) is 9.13 Å². The first kappa shape index (κ1) is 19.2. The Morgan fingerprint density at radius 1 is 1.30 bits per heavy atom. The van der Waals surface area contributed by atoms with Gasteiger partial charge >= 0.3 is 11.7 Å². The molecule has 0 radical (unpaired) electrons. The number of nitrogens with zero attached hydrogens (tertiary/aromatic N) is 4. The quantitative estimate of drug-likeness (QED) is 0.816. The van der Waals surface area contributed by atoms with Crippen molar-refractivity contribution in [1.82, 2.24) is 18.7 Å². The lowest BCUT2D eigenvalue weighted by molar-refractivity contribution is -0.142. The standard InChI is InChI=1S/C18H27N5O4/c1-5-10(2)23-15(24)13-14(22(4)18(23)27)20-17(21(13)3)19-12-8-6-7-11(9-12)16(25)26/h10-12H,5-9H2,1-4H3,(H,19,20)(H,25,26). The number of fused-ring (bicyclic) bond motifs is 1. The van der Waals surface area contributed by atoms with Gasteiger partial charge in [-0.3, -0.25) is 18.7 Å². The zero-order valence-electron chi connectivity index (χ0n) is 16.2. The molecule has 9 nitrogen and oxygen atoms in total. The number of aryl methyl sites for hydroxylation is 2. The summed E-state index contributed by atoms with van der Waals surface area (Å²) >= 11 is 0. The van der Waals surface area contributed by atoms with Crippen molar-refractivity contribution in [2.45, 2.75) is 58.0 Å². The van der Waals surface area contributed by atoms with E-state index in [0.717, 1.165) is 12.8 Å². The van der Waals surface area contributed by atoms with E-state index in [1.54, 1.807) is 18.7 Å². The summed E-state index contributed by atoms with van der Waals surface area (Å²) in [5.41, 5.74) is -0.0293. The first-order chi connectivity index (χ1) is 12.8. The summed E-state index contributed by atoms with van der Waals surface area (Å²) in [6.07, 6.45) is 3.56. The molecule has 2 N–H and O–H groups in total. The van der Waals surface area contributed by atoms with Gasteiger partial charge in [-0.15, -0.1) is 0 Å². The molecule has 2 aromatic heterocycles. The zero-order chi connectivity index (χ0) is 19.9. The van der Waals surface area contributed by atoms with Crippen LogP contribution in [0.25, 0.3) is 11.2 Å². The van der Waals surface area contributed by atoms with Gasteiger partial charge in [0.05, 0.1) is 5.92 Å². The van der Waals surface area contributed by atoms with Crippen LogP contribution in [0.1, 0.15) is 52.0 Å². The van der Waals surface area contributed by atoms with Gasteiger partial charge in [0.2, 0.25) is 5.95 Å². The van der Waals surface area contributed by atoms with Crippen LogP contribution in [0.4, 0.5) is 5.95 Å². The molecule has 9 heteroatoms. The number of aromatic nitrogens is 4. The lowest BCUT2D eigenvalue weighted by Gasteiger charge is -2.27. The second-order valence-corrected chi connectivity index (χ2v) is 7.48. The van der Waals surface area contributed by atoms with Crippen molar-refractivity contribution in [2.75, 3.05) is 5.32 Å². The Hall–Kier alpha value is -2.58. The maximum Gasteiger partial charge on any atom is 0.332 e. The lowest BCUT2D eigenvalue weighted by atomic mass is 9.86. The molecule has 0 amide bonds. The normalized spacial score (nSPS) is 21.3. The molecule has 0 aliphatic heterocycles. The molecule has 3 unspecified atom stereocenters. The first-order valence-corrected chi connectivity index (χ1v) is 9.43. The number of carboxylic acids is 1. The third kappa shape index (κ3) is 3.26. The van der Waals surface area contributed by atoms with Crippen LogP contribution in [0.15, 0.2) is 9.59 Å². The predicted octanol–water partition coefficient (Wildman–Crippen LogP) is 1.46. The maximum atomic E-state index is 13.0. The Balaban J connectivity index is 2.04. The highest BCUT2D eigenvalue weighted by Gasteiger charge is 2.28. The van der Waals surface area contributed by atoms with Crippen LogP contribution in [0.5, 0.6) is 0 Å². The average molecular weight is 377 g/mol. The molecule has 0 spiro atoms. The second-order valence-electron chi connectivity index (χ2n) is 7.48. The van der Waals surface area contributed by atoms with Gasteiger partial charge in [0, 0.05) is 26.2 Å². The molecule has 3 atom stereocenters. The largest absolute Gasteiger partial charge is 0.481 e. The van der Waals surface area contributed by atoms with E-state index in [9.17, 15) is 19.5 Å². The van der Waals surface area contributed by atoms with Gasteiger partial charge in [-0.25, -0.2) is 4.79 Å². The Labute approximate surface area is 156 Å². The summed E-state index contributed by atoms with van der Waals surface area (Å²) in [4.78, 5) is 41.3. The van der Waals surface area contributed by atoms with Gasteiger partial charge in [-0.1, -0.05) is 13.3 Å². The molecule has 27 heavy (non-hydrogen) atoms. The van der Waals surface area contributed by atoms with Crippen molar-refractivity contribution in [3.05, 3.63) is 20.8 Å². The van der Waals surface area contributed by atoms with E-state index < -0.39 is 5.97 Å².